The second-order valence-corrected chi connectivity index (χ2v) is 8.54. The van der Waals surface area contributed by atoms with Crippen LogP contribution in [-0.4, -0.2) is 63.7 Å². The number of nitriles is 1. The minimum Gasteiger partial charge on any atom is -0.352 e. The topological polar surface area (TPSA) is 76.4 Å². The second-order valence-electron chi connectivity index (χ2n) is 8.16. The van der Waals surface area contributed by atoms with Crippen molar-refractivity contribution < 1.29 is 18.0 Å². The van der Waals surface area contributed by atoms with Crippen LogP contribution < -0.4 is 4.90 Å². The lowest BCUT2D eigenvalue weighted by molar-refractivity contribution is -0.185. The van der Waals surface area contributed by atoms with Crippen LogP contribution in [0.4, 0.5) is 23.8 Å². The number of carbonyl (C=O) groups excluding carboxylic acids is 1. The summed E-state index contributed by atoms with van der Waals surface area (Å²) in [7, 11) is 0. The summed E-state index contributed by atoms with van der Waals surface area (Å²) >= 11 is 5.96. The number of hydrogen-bond donors (Lipinski definition) is 0. The van der Waals surface area contributed by atoms with Gasteiger partial charge in [-0.25, -0.2) is 14.8 Å². The van der Waals surface area contributed by atoms with Crippen molar-refractivity contribution in [2.75, 3.05) is 31.1 Å². The first kappa shape index (κ1) is 20.7. The first-order valence-corrected chi connectivity index (χ1v) is 9.97. The zero-order chi connectivity index (χ0) is 21.7. The van der Waals surface area contributed by atoms with Crippen molar-refractivity contribution in [3.05, 3.63) is 29.3 Å². The molecule has 2 fully saturated rings. The molecule has 0 N–H and O–H groups in total. The molecular weight excluding hydrogens is 421 g/mol. The van der Waals surface area contributed by atoms with Gasteiger partial charge in [0, 0.05) is 37.8 Å². The van der Waals surface area contributed by atoms with E-state index in [1.807, 2.05) is 11.8 Å². The Bertz CT molecular complexity index is 932. The molecular formula is C19H20ClF3N6O. The van der Waals surface area contributed by atoms with Crippen molar-refractivity contribution in [3.8, 4) is 6.07 Å². The van der Waals surface area contributed by atoms with E-state index in [1.165, 1.54) is 11.2 Å². The molecule has 3 atom stereocenters. The number of fused-ring (bicyclic) bond motifs is 1. The van der Waals surface area contributed by atoms with Gasteiger partial charge in [0.15, 0.2) is 0 Å². The van der Waals surface area contributed by atoms with Crippen molar-refractivity contribution in [2.45, 2.75) is 31.5 Å². The smallest absolute Gasteiger partial charge is 0.352 e. The molecule has 0 bridgehead atoms. The molecule has 2 aliphatic heterocycles. The molecule has 2 saturated heterocycles. The van der Waals surface area contributed by atoms with Crippen molar-refractivity contribution in [3.63, 3.8) is 0 Å². The SMILES string of the molecule is C[C@]12CN(C3=CCC(C#N)C(C(F)(F)F)C3)C(=O)N1CCN(c1cc(Cl)ncn1)C2. The average molecular weight is 441 g/mol. The number of piperazine rings is 1. The van der Waals surface area contributed by atoms with Gasteiger partial charge in [-0.1, -0.05) is 17.7 Å². The molecule has 30 heavy (non-hydrogen) atoms. The number of alkyl halides is 3. The lowest BCUT2D eigenvalue weighted by Crippen LogP contribution is -2.60. The number of hydrogen-bond acceptors (Lipinski definition) is 5. The quantitative estimate of drug-likeness (QED) is 0.658. The van der Waals surface area contributed by atoms with Crippen LogP contribution in [0.3, 0.4) is 0 Å². The number of aromatic nitrogens is 2. The first-order chi connectivity index (χ1) is 14.1. The molecule has 11 heteroatoms. The molecule has 0 saturated carbocycles. The minimum absolute atomic E-state index is 0.0118. The van der Waals surface area contributed by atoms with Crippen LogP contribution in [0.2, 0.25) is 5.15 Å². The van der Waals surface area contributed by atoms with Gasteiger partial charge in [0.25, 0.3) is 0 Å². The van der Waals surface area contributed by atoms with Crippen LogP contribution >= 0.6 is 11.6 Å². The summed E-state index contributed by atoms with van der Waals surface area (Å²) in [5, 5.41) is 9.42. The molecule has 3 heterocycles. The maximum absolute atomic E-state index is 13.5. The van der Waals surface area contributed by atoms with Crippen LogP contribution in [0.5, 0.6) is 0 Å². The lowest BCUT2D eigenvalue weighted by atomic mass is 9.81. The predicted octanol–water partition coefficient (Wildman–Crippen LogP) is 3.44. The fraction of sp³-hybridized carbons (Fsp3) is 0.579. The zero-order valence-electron chi connectivity index (χ0n) is 16.2. The van der Waals surface area contributed by atoms with Gasteiger partial charge in [0.1, 0.15) is 17.3 Å². The van der Waals surface area contributed by atoms with Crippen LogP contribution in [0, 0.1) is 23.2 Å². The van der Waals surface area contributed by atoms with Gasteiger partial charge in [-0.2, -0.15) is 18.4 Å². The first-order valence-electron chi connectivity index (χ1n) is 9.59. The van der Waals surface area contributed by atoms with Gasteiger partial charge >= 0.3 is 12.2 Å². The normalized spacial score (nSPS) is 29.5. The number of halogens is 4. The van der Waals surface area contributed by atoms with Gasteiger partial charge in [0.05, 0.1) is 30.0 Å². The summed E-state index contributed by atoms with van der Waals surface area (Å²) < 4.78 is 40.4. The van der Waals surface area contributed by atoms with Gasteiger partial charge in [0.2, 0.25) is 0 Å². The van der Waals surface area contributed by atoms with E-state index in [4.69, 9.17) is 16.9 Å². The molecule has 3 aliphatic rings. The number of rotatable bonds is 2. The van der Waals surface area contributed by atoms with Gasteiger partial charge in [-0.3, -0.25) is 4.90 Å². The number of urea groups is 1. The molecule has 4 rings (SSSR count). The number of anilines is 1. The third-order valence-electron chi connectivity index (χ3n) is 6.14. The summed E-state index contributed by atoms with van der Waals surface area (Å²) in [6.45, 7) is 3.62. The Kier molecular flexibility index (Phi) is 5.04. The van der Waals surface area contributed by atoms with E-state index in [0.717, 1.165) is 0 Å². The molecule has 0 aromatic carbocycles. The maximum atomic E-state index is 13.5. The van der Waals surface area contributed by atoms with Crippen LogP contribution in [0.1, 0.15) is 19.8 Å². The number of carbonyl (C=O) groups is 1. The number of allylic oxidation sites excluding steroid dienone is 2. The summed E-state index contributed by atoms with van der Waals surface area (Å²) in [5.41, 5.74) is -0.242. The minimum atomic E-state index is -4.48. The van der Waals surface area contributed by atoms with Crippen LogP contribution in [0.15, 0.2) is 24.2 Å². The number of amides is 2. The van der Waals surface area contributed by atoms with Crippen LogP contribution in [0.25, 0.3) is 0 Å². The van der Waals surface area contributed by atoms with Gasteiger partial charge in [-0.15, -0.1) is 0 Å². The molecule has 2 amide bonds. The highest BCUT2D eigenvalue weighted by molar-refractivity contribution is 6.29. The fourth-order valence-corrected chi connectivity index (χ4v) is 4.73. The molecule has 160 valence electrons. The molecule has 1 aromatic heterocycles. The van der Waals surface area contributed by atoms with Crippen molar-refractivity contribution in [1.82, 2.24) is 19.8 Å². The highest BCUT2D eigenvalue weighted by atomic mass is 35.5. The highest BCUT2D eigenvalue weighted by Gasteiger charge is 2.53. The molecule has 0 spiro atoms. The van der Waals surface area contributed by atoms with Gasteiger partial charge < -0.3 is 9.80 Å². The Morgan fingerprint density at radius 3 is 2.73 bits per heavy atom. The van der Waals surface area contributed by atoms with E-state index < -0.39 is 23.6 Å². The largest absolute Gasteiger partial charge is 0.393 e. The van der Waals surface area contributed by atoms with Crippen molar-refractivity contribution in [2.24, 2.45) is 11.8 Å². The Hall–Kier alpha value is -2.54. The van der Waals surface area contributed by atoms with E-state index in [-0.39, 0.29) is 25.4 Å². The van der Waals surface area contributed by atoms with E-state index >= 15 is 0 Å². The lowest BCUT2D eigenvalue weighted by Gasteiger charge is -2.44. The van der Waals surface area contributed by atoms with E-state index in [0.29, 0.717) is 36.3 Å². The molecule has 1 aliphatic carbocycles. The zero-order valence-corrected chi connectivity index (χ0v) is 17.0. The Labute approximate surface area is 176 Å². The predicted molar refractivity (Wildman–Crippen MR) is 102 cm³/mol. The highest BCUT2D eigenvalue weighted by Crippen LogP contribution is 2.44. The summed E-state index contributed by atoms with van der Waals surface area (Å²) in [6, 6.07) is 3.12. The van der Waals surface area contributed by atoms with E-state index in [1.54, 1.807) is 23.1 Å². The maximum Gasteiger partial charge on any atom is 0.393 e. The van der Waals surface area contributed by atoms with Crippen molar-refractivity contribution >= 4 is 23.4 Å². The van der Waals surface area contributed by atoms with Gasteiger partial charge in [-0.05, 0) is 13.3 Å². The molecule has 0 radical (unpaired) electrons. The fourth-order valence-electron chi connectivity index (χ4n) is 4.58. The standard InChI is InChI=1S/C19H20ClF3N6O/c1-18-9-27(16-7-15(20)25-11-26-16)4-5-29(18)17(30)28(10-18)13-3-2-12(8-24)14(6-13)19(21,22)23/h3,7,11-12,14H,2,4-6,9-10H2,1H3/t12?,14?,18-/m0/s1. The average Bonchev–Trinajstić information content (AvgIpc) is 2.97. The third-order valence-corrected chi connectivity index (χ3v) is 6.34. The van der Waals surface area contributed by atoms with E-state index in [2.05, 4.69) is 9.97 Å². The molecule has 2 unspecified atom stereocenters. The monoisotopic (exact) mass is 440 g/mol. The van der Waals surface area contributed by atoms with Crippen LogP contribution in [-0.2, 0) is 0 Å². The Balaban J connectivity index is 1.55. The third kappa shape index (κ3) is 3.55. The summed E-state index contributed by atoms with van der Waals surface area (Å²) in [4.78, 5) is 26.3. The second kappa shape index (κ2) is 7.30. The Morgan fingerprint density at radius 1 is 1.30 bits per heavy atom. The Morgan fingerprint density at radius 2 is 2.07 bits per heavy atom. The number of nitrogens with zero attached hydrogens (tertiary/aromatic N) is 6. The molecule has 7 nitrogen and oxygen atoms in total. The summed E-state index contributed by atoms with van der Waals surface area (Å²) in [5.74, 6) is -2.24. The summed E-state index contributed by atoms with van der Waals surface area (Å²) in [6.07, 6.45) is -1.88. The van der Waals surface area contributed by atoms with Crippen molar-refractivity contribution in [1.29, 1.82) is 5.26 Å². The molecule has 1 aromatic rings. The van der Waals surface area contributed by atoms with E-state index in [9.17, 15) is 18.0 Å².